The molecule has 0 radical (unpaired) electrons. The van der Waals surface area contributed by atoms with Gasteiger partial charge in [0.2, 0.25) is 5.91 Å². The van der Waals surface area contributed by atoms with E-state index in [1.54, 1.807) is 0 Å². The SMILES string of the molecule is CCCN(CC(=O)NCc1ccc(C)cc1)C1CCNC1. The summed E-state index contributed by atoms with van der Waals surface area (Å²) in [5, 5.41) is 6.40. The van der Waals surface area contributed by atoms with Crippen molar-refractivity contribution < 1.29 is 4.79 Å². The maximum absolute atomic E-state index is 12.2. The molecule has 1 fully saturated rings. The van der Waals surface area contributed by atoms with Crippen LogP contribution in [0.2, 0.25) is 0 Å². The second kappa shape index (κ2) is 8.15. The summed E-state index contributed by atoms with van der Waals surface area (Å²) < 4.78 is 0. The van der Waals surface area contributed by atoms with Crippen LogP contribution in [-0.2, 0) is 11.3 Å². The van der Waals surface area contributed by atoms with Gasteiger partial charge in [0.15, 0.2) is 0 Å². The van der Waals surface area contributed by atoms with Crippen LogP contribution < -0.4 is 10.6 Å². The normalized spacial score (nSPS) is 18.1. The molecular formula is C17H27N3O. The number of benzene rings is 1. The minimum absolute atomic E-state index is 0.121. The van der Waals surface area contributed by atoms with Gasteiger partial charge in [-0.2, -0.15) is 0 Å². The number of aryl methyl sites for hydroxylation is 1. The predicted molar refractivity (Wildman–Crippen MR) is 86.2 cm³/mol. The molecule has 2 N–H and O–H groups in total. The van der Waals surface area contributed by atoms with Gasteiger partial charge < -0.3 is 10.6 Å². The Morgan fingerprint density at radius 2 is 2.14 bits per heavy atom. The quantitative estimate of drug-likeness (QED) is 0.803. The Morgan fingerprint density at radius 3 is 2.76 bits per heavy atom. The summed E-state index contributed by atoms with van der Waals surface area (Å²) in [5.41, 5.74) is 2.39. The number of carbonyl (C=O) groups is 1. The van der Waals surface area contributed by atoms with E-state index in [0.29, 0.717) is 19.1 Å². The van der Waals surface area contributed by atoms with E-state index in [2.05, 4.69) is 53.6 Å². The maximum Gasteiger partial charge on any atom is 0.234 e. The smallest absolute Gasteiger partial charge is 0.234 e. The molecule has 0 aromatic heterocycles. The first-order valence-electron chi connectivity index (χ1n) is 7.96. The van der Waals surface area contributed by atoms with Crippen LogP contribution in [0.25, 0.3) is 0 Å². The van der Waals surface area contributed by atoms with Crippen LogP contribution in [0.1, 0.15) is 30.9 Å². The van der Waals surface area contributed by atoms with Gasteiger partial charge in [-0.15, -0.1) is 0 Å². The summed E-state index contributed by atoms with van der Waals surface area (Å²) in [6.07, 6.45) is 2.23. The minimum atomic E-state index is 0.121. The molecule has 1 aliphatic heterocycles. The molecule has 2 rings (SSSR count). The zero-order valence-corrected chi connectivity index (χ0v) is 13.2. The fraction of sp³-hybridized carbons (Fsp3) is 0.588. The fourth-order valence-corrected chi connectivity index (χ4v) is 2.78. The van der Waals surface area contributed by atoms with Crippen molar-refractivity contribution in [1.82, 2.24) is 15.5 Å². The third-order valence-electron chi connectivity index (χ3n) is 4.02. The third-order valence-corrected chi connectivity index (χ3v) is 4.02. The zero-order chi connectivity index (χ0) is 15.1. The van der Waals surface area contributed by atoms with E-state index in [9.17, 15) is 4.79 Å². The van der Waals surface area contributed by atoms with Crippen molar-refractivity contribution in [2.24, 2.45) is 0 Å². The van der Waals surface area contributed by atoms with Crippen LogP contribution in [0, 0.1) is 6.92 Å². The highest BCUT2D eigenvalue weighted by Crippen LogP contribution is 2.09. The first kappa shape index (κ1) is 16.0. The highest BCUT2D eigenvalue weighted by atomic mass is 16.2. The highest BCUT2D eigenvalue weighted by molar-refractivity contribution is 5.78. The lowest BCUT2D eigenvalue weighted by Crippen LogP contribution is -2.44. The second-order valence-corrected chi connectivity index (χ2v) is 5.88. The molecule has 1 saturated heterocycles. The molecule has 116 valence electrons. The Balaban J connectivity index is 1.79. The Hall–Kier alpha value is -1.39. The molecule has 21 heavy (non-hydrogen) atoms. The van der Waals surface area contributed by atoms with Crippen molar-refractivity contribution in [3.63, 3.8) is 0 Å². The van der Waals surface area contributed by atoms with E-state index in [4.69, 9.17) is 0 Å². The largest absolute Gasteiger partial charge is 0.351 e. The zero-order valence-electron chi connectivity index (χ0n) is 13.2. The summed E-state index contributed by atoms with van der Waals surface area (Å²) in [6.45, 7) is 8.42. The molecule has 1 aliphatic rings. The molecule has 0 aliphatic carbocycles. The number of amides is 1. The molecule has 1 aromatic carbocycles. The molecular weight excluding hydrogens is 262 g/mol. The molecule has 1 unspecified atom stereocenters. The summed E-state index contributed by atoms with van der Waals surface area (Å²) in [6, 6.07) is 8.81. The lowest BCUT2D eigenvalue weighted by Gasteiger charge is -2.27. The monoisotopic (exact) mass is 289 g/mol. The Labute approximate surface area is 127 Å². The van der Waals surface area contributed by atoms with Crippen molar-refractivity contribution in [2.75, 3.05) is 26.2 Å². The van der Waals surface area contributed by atoms with Gasteiger partial charge in [-0.05, 0) is 38.4 Å². The Morgan fingerprint density at radius 1 is 1.38 bits per heavy atom. The molecule has 1 amide bonds. The van der Waals surface area contributed by atoms with E-state index in [-0.39, 0.29) is 5.91 Å². The Kier molecular flexibility index (Phi) is 6.21. The molecule has 1 atom stereocenters. The lowest BCUT2D eigenvalue weighted by molar-refractivity contribution is -0.122. The van der Waals surface area contributed by atoms with Crippen LogP contribution in [-0.4, -0.2) is 43.0 Å². The van der Waals surface area contributed by atoms with E-state index in [1.165, 1.54) is 5.56 Å². The van der Waals surface area contributed by atoms with Crippen LogP contribution in [0.15, 0.2) is 24.3 Å². The van der Waals surface area contributed by atoms with E-state index >= 15 is 0 Å². The number of nitrogens with zero attached hydrogens (tertiary/aromatic N) is 1. The van der Waals surface area contributed by atoms with E-state index in [1.807, 2.05) is 0 Å². The molecule has 4 nitrogen and oxygen atoms in total. The fourth-order valence-electron chi connectivity index (χ4n) is 2.78. The molecule has 1 aromatic rings. The van der Waals surface area contributed by atoms with Gasteiger partial charge in [-0.3, -0.25) is 9.69 Å². The van der Waals surface area contributed by atoms with Gasteiger partial charge in [-0.25, -0.2) is 0 Å². The van der Waals surface area contributed by atoms with Gasteiger partial charge in [0, 0.05) is 19.1 Å². The molecule has 0 bridgehead atoms. The van der Waals surface area contributed by atoms with Crippen molar-refractivity contribution in [1.29, 1.82) is 0 Å². The number of hydrogen-bond donors (Lipinski definition) is 2. The van der Waals surface area contributed by atoms with Crippen LogP contribution in [0.3, 0.4) is 0 Å². The van der Waals surface area contributed by atoms with Gasteiger partial charge in [0.25, 0.3) is 0 Å². The number of nitrogens with one attached hydrogen (secondary N) is 2. The van der Waals surface area contributed by atoms with Crippen molar-refractivity contribution in [2.45, 2.75) is 39.3 Å². The average molecular weight is 289 g/mol. The molecule has 0 saturated carbocycles. The number of rotatable bonds is 7. The van der Waals surface area contributed by atoms with Gasteiger partial charge in [0.05, 0.1) is 6.54 Å². The second-order valence-electron chi connectivity index (χ2n) is 5.88. The lowest BCUT2D eigenvalue weighted by atomic mass is 10.1. The summed E-state index contributed by atoms with van der Waals surface area (Å²) in [7, 11) is 0. The Bertz CT molecular complexity index is 438. The van der Waals surface area contributed by atoms with Crippen molar-refractivity contribution in [3.05, 3.63) is 35.4 Å². The maximum atomic E-state index is 12.2. The summed E-state index contributed by atoms with van der Waals surface area (Å²) in [4.78, 5) is 14.5. The summed E-state index contributed by atoms with van der Waals surface area (Å²) in [5.74, 6) is 0.121. The van der Waals surface area contributed by atoms with E-state index < -0.39 is 0 Å². The van der Waals surface area contributed by atoms with Gasteiger partial charge in [-0.1, -0.05) is 36.8 Å². The predicted octanol–water partition coefficient (Wildman–Crippen LogP) is 1.69. The van der Waals surface area contributed by atoms with E-state index in [0.717, 1.165) is 38.0 Å². The number of hydrogen-bond acceptors (Lipinski definition) is 3. The van der Waals surface area contributed by atoms with Crippen molar-refractivity contribution in [3.8, 4) is 0 Å². The van der Waals surface area contributed by atoms with Crippen LogP contribution >= 0.6 is 0 Å². The average Bonchev–Trinajstić information content (AvgIpc) is 3.00. The van der Waals surface area contributed by atoms with Crippen LogP contribution in [0.4, 0.5) is 0 Å². The topological polar surface area (TPSA) is 44.4 Å². The summed E-state index contributed by atoms with van der Waals surface area (Å²) >= 11 is 0. The molecule has 1 heterocycles. The molecule has 0 spiro atoms. The minimum Gasteiger partial charge on any atom is -0.351 e. The van der Waals surface area contributed by atoms with Gasteiger partial charge in [0.1, 0.15) is 0 Å². The standard InChI is InChI=1S/C17H27N3O/c1-3-10-20(16-8-9-18-12-16)13-17(21)19-11-15-6-4-14(2)5-7-15/h4-7,16,18H,3,8-13H2,1-2H3,(H,19,21). The first-order chi connectivity index (χ1) is 10.2. The highest BCUT2D eigenvalue weighted by Gasteiger charge is 2.23. The number of carbonyl (C=O) groups excluding carboxylic acids is 1. The molecule has 4 heteroatoms. The van der Waals surface area contributed by atoms with Gasteiger partial charge >= 0.3 is 0 Å². The third kappa shape index (κ3) is 5.14. The van der Waals surface area contributed by atoms with Crippen molar-refractivity contribution >= 4 is 5.91 Å². The van der Waals surface area contributed by atoms with Crippen LogP contribution in [0.5, 0.6) is 0 Å². The first-order valence-corrected chi connectivity index (χ1v) is 7.96.